The van der Waals surface area contributed by atoms with E-state index in [2.05, 4.69) is 4.98 Å². The maximum atomic E-state index is 12.7. The number of rotatable bonds is 4. The molecule has 6 heteroatoms. The summed E-state index contributed by atoms with van der Waals surface area (Å²) in [6, 6.07) is 14.2. The number of sulfonamides is 1. The quantitative estimate of drug-likeness (QED) is 0.742. The second-order valence-electron chi connectivity index (χ2n) is 5.11. The molecule has 0 amide bonds. The summed E-state index contributed by atoms with van der Waals surface area (Å²) in [5.41, 5.74) is 2.07. The molecule has 2 aromatic carbocycles. The van der Waals surface area contributed by atoms with Crippen LogP contribution in [0, 0.1) is 6.92 Å². The fourth-order valence-electron chi connectivity index (χ4n) is 2.29. The van der Waals surface area contributed by atoms with Crippen LogP contribution in [0.4, 0.5) is 0 Å². The average molecular weight is 316 g/mol. The Bertz CT molecular complexity index is 902. The molecule has 0 saturated heterocycles. The highest BCUT2D eigenvalue weighted by molar-refractivity contribution is 7.89. The lowest BCUT2D eigenvalue weighted by atomic mass is 10.2. The van der Waals surface area contributed by atoms with Crippen LogP contribution < -0.4 is 0 Å². The van der Waals surface area contributed by atoms with Crippen LogP contribution in [-0.2, 0) is 16.6 Å². The molecule has 0 atom stereocenters. The van der Waals surface area contributed by atoms with Gasteiger partial charge < -0.3 is 4.42 Å². The van der Waals surface area contributed by atoms with Crippen LogP contribution in [0.15, 0.2) is 57.8 Å². The Hall–Kier alpha value is -2.18. The SMILES string of the molecule is Cc1nc2cc(S(=O)(=O)N(C)Cc3ccccc3)ccc2o1. The van der Waals surface area contributed by atoms with Gasteiger partial charge in [0.2, 0.25) is 10.0 Å². The smallest absolute Gasteiger partial charge is 0.243 e. The van der Waals surface area contributed by atoms with Gasteiger partial charge in [-0.3, -0.25) is 0 Å². The Balaban J connectivity index is 1.93. The molecule has 0 saturated carbocycles. The molecule has 114 valence electrons. The maximum absolute atomic E-state index is 12.7. The van der Waals surface area contributed by atoms with Crippen molar-refractivity contribution in [2.75, 3.05) is 7.05 Å². The Morgan fingerprint density at radius 1 is 1.14 bits per heavy atom. The number of oxazole rings is 1. The van der Waals surface area contributed by atoms with Gasteiger partial charge in [0.15, 0.2) is 11.5 Å². The van der Waals surface area contributed by atoms with Crippen molar-refractivity contribution in [2.45, 2.75) is 18.4 Å². The van der Waals surface area contributed by atoms with Gasteiger partial charge in [-0.25, -0.2) is 13.4 Å². The molecule has 0 spiro atoms. The van der Waals surface area contributed by atoms with Gasteiger partial charge in [-0.1, -0.05) is 30.3 Å². The number of aryl methyl sites for hydroxylation is 1. The molecule has 3 rings (SSSR count). The van der Waals surface area contributed by atoms with Crippen LogP contribution in [-0.4, -0.2) is 24.8 Å². The van der Waals surface area contributed by atoms with Gasteiger partial charge in [0, 0.05) is 20.5 Å². The summed E-state index contributed by atoms with van der Waals surface area (Å²) in [6.45, 7) is 2.05. The lowest BCUT2D eigenvalue weighted by molar-refractivity contribution is 0.467. The van der Waals surface area contributed by atoms with Gasteiger partial charge in [-0.2, -0.15) is 4.31 Å². The largest absolute Gasteiger partial charge is 0.441 e. The predicted octanol–water partition coefficient (Wildman–Crippen LogP) is 2.96. The zero-order valence-electron chi connectivity index (χ0n) is 12.4. The number of benzene rings is 2. The van der Waals surface area contributed by atoms with Crippen molar-refractivity contribution in [3.05, 3.63) is 60.0 Å². The van der Waals surface area contributed by atoms with Crippen molar-refractivity contribution in [2.24, 2.45) is 0 Å². The lowest BCUT2D eigenvalue weighted by Crippen LogP contribution is -2.26. The summed E-state index contributed by atoms with van der Waals surface area (Å²) < 4.78 is 32.0. The van der Waals surface area contributed by atoms with Crippen molar-refractivity contribution in [1.82, 2.24) is 9.29 Å². The number of hydrogen-bond acceptors (Lipinski definition) is 4. The van der Waals surface area contributed by atoms with Gasteiger partial charge >= 0.3 is 0 Å². The van der Waals surface area contributed by atoms with E-state index in [1.807, 2.05) is 30.3 Å². The first-order valence-electron chi connectivity index (χ1n) is 6.84. The maximum Gasteiger partial charge on any atom is 0.243 e. The Morgan fingerprint density at radius 2 is 1.86 bits per heavy atom. The summed E-state index contributed by atoms with van der Waals surface area (Å²) in [7, 11) is -2.00. The predicted molar refractivity (Wildman–Crippen MR) is 83.8 cm³/mol. The first-order chi connectivity index (χ1) is 10.5. The van der Waals surface area contributed by atoms with Crippen LogP contribution in [0.3, 0.4) is 0 Å². The van der Waals surface area contributed by atoms with Gasteiger partial charge in [-0.15, -0.1) is 0 Å². The van der Waals surface area contributed by atoms with Crippen LogP contribution in [0.5, 0.6) is 0 Å². The number of aromatic nitrogens is 1. The lowest BCUT2D eigenvalue weighted by Gasteiger charge is -2.17. The van der Waals surface area contributed by atoms with Crippen molar-refractivity contribution < 1.29 is 12.8 Å². The molecule has 0 N–H and O–H groups in total. The molecule has 0 aliphatic rings. The molecule has 0 fully saturated rings. The number of fused-ring (bicyclic) bond motifs is 1. The Morgan fingerprint density at radius 3 is 2.59 bits per heavy atom. The van der Waals surface area contributed by atoms with E-state index in [1.54, 1.807) is 32.2 Å². The minimum Gasteiger partial charge on any atom is -0.441 e. The standard InChI is InChI=1S/C16H16N2O3S/c1-12-17-15-10-14(8-9-16(15)21-12)22(19,20)18(2)11-13-6-4-3-5-7-13/h3-10H,11H2,1-2H3. The normalized spacial score (nSPS) is 12.1. The van der Waals surface area contributed by atoms with E-state index in [9.17, 15) is 8.42 Å². The molecule has 0 radical (unpaired) electrons. The molecule has 0 bridgehead atoms. The summed E-state index contributed by atoms with van der Waals surface area (Å²) >= 11 is 0. The minimum absolute atomic E-state index is 0.215. The van der Waals surface area contributed by atoms with Gasteiger partial charge in [0.25, 0.3) is 0 Å². The summed E-state index contributed by atoms with van der Waals surface area (Å²) in [5, 5.41) is 0. The second-order valence-corrected chi connectivity index (χ2v) is 7.15. The summed E-state index contributed by atoms with van der Waals surface area (Å²) in [5.74, 6) is 0.516. The highest BCUT2D eigenvalue weighted by Crippen LogP contribution is 2.22. The zero-order valence-corrected chi connectivity index (χ0v) is 13.2. The average Bonchev–Trinajstić information content (AvgIpc) is 2.87. The fraction of sp³-hybridized carbons (Fsp3) is 0.188. The third kappa shape index (κ3) is 2.75. The van der Waals surface area contributed by atoms with Crippen molar-refractivity contribution in [3.8, 4) is 0 Å². The second kappa shape index (κ2) is 5.55. The fourth-order valence-corrected chi connectivity index (χ4v) is 3.47. The van der Waals surface area contributed by atoms with Crippen LogP contribution >= 0.6 is 0 Å². The van der Waals surface area contributed by atoms with Crippen LogP contribution in [0.1, 0.15) is 11.5 Å². The first kappa shape index (κ1) is 14.7. The van der Waals surface area contributed by atoms with Gasteiger partial charge in [-0.05, 0) is 23.8 Å². The first-order valence-corrected chi connectivity index (χ1v) is 8.28. The van der Waals surface area contributed by atoms with Crippen LogP contribution in [0.25, 0.3) is 11.1 Å². The molecule has 3 aromatic rings. The van der Waals surface area contributed by atoms with Crippen molar-refractivity contribution >= 4 is 21.1 Å². The van der Waals surface area contributed by atoms with E-state index in [-0.39, 0.29) is 4.90 Å². The molecular weight excluding hydrogens is 300 g/mol. The summed E-state index contributed by atoms with van der Waals surface area (Å²) in [4.78, 5) is 4.40. The molecule has 0 aliphatic carbocycles. The molecule has 0 unspecified atom stereocenters. The van der Waals surface area contributed by atoms with Gasteiger partial charge in [0.05, 0.1) is 4.90 Å². The molecule has 1 aromatic heterocycles. The van der Waals surface area contributed by atoms with E-state index >= 15 is 0 Å². The highest BCUT2D eigenvalue weighted by atomic mass is 32.2. The zero-order chi connectivity index (χ0) is 15.7. The third-order valence-corrected chi connectivity index (χ3v) is 5.22. The molecule has 22 heavy (non-hydrogen) atoms. The number of nitrogens with zero attached hydrogens (tertiary/aromatic N) is 2. The number of hydrogen-bond donors (Lipinski definition) is 0. The van der Waals surface area contributed by atoms with Crippen LogP contribution in [0.2, 0.25) is 0 Å². The Labute approximate surface area is 129 Å². The summed E-state index contributed by atoms with van der Waals surface area (Å²) in [6.07, 6.45) is 0. The monoisotopic (exact) mass is 316 g/mol. The third-order valence-electron chi connectivity index (χ3n) is 3.42. The van der Waals surface area contributed by atoms with E-state index in [1.165, 1.54) is 4.31 Å². The van der Waals surface area contributed by atoms with E-state index in [0.717, 1.165) is 5.56 Å². The minimum atomic E-state index is -3.57. The van der Waals surface area contributed by atoms with Gasteiger partial charge in [0.1, 0.15) is 5.52 Å². The topological polar surface area (TPSA) is 63.4 Å². The molecular formula is C16H16N2O3S. The van der Waals surface area contributed by atoms with E-state index in [4.69, 9.17) is 4.42 Å². The van der Waals surface area contributed by atoms with Crippen molar-refractivity contribution in [3.63, 3.8) is 0 Å². The highest BCUT2D eigenvalue weighted by Gasteiger charge is 2.22. The van der Waals surface area contributed by atoms with E-state index < -0.39 is 10.0 Å². The molecule has 5 nitrogen and oxygen atoms in total. The van der Waals surface area contributed by atoms with E-state index in [0.29, 0.717) is 23.5 Å². The Kier molecular flexibility index (Phi) is 3.72. The molecule has 1 heterocycles. The van der Waals surface area contributed by atoms with Crippen molar-refractivity contribution in [1.29, 1.82) is 0 Å². The molecule has 0 aliphatic heterocycles.